The second-order valence-corrected chi connectivity index (χ2v) is 12.5. The molecule has 0 saturated heterocycles. The van der Waals surface area contributed by atoms with Crippen molar-refractivity contribution < 1.29 is 0 Å². The van der Waals surface area contributed by atoms with Crippen LogP contribution in [0.1, 0.15) is 102 Å². The van der Waals surface area contributed by atoms with Crippen molar-refractivity contribution in [3.8, 4) is 20.9 Å². The van der Waals surface area contributed by atoms with Gasteiger partial charge in [-0.05, 0) is 60.1 Å². The maximum atomic E-state index is 2.39. The summed E-state index contributed by atoms with van der Waals surface area (Å²) in [5, 5.41) is 0. The van der Waals surface area contributed by atoms with E-state index < -0.39 is 0 Å². The lowest BCUT2D eigenvalue weighted by Crippen LogP contribution is -1.86. The van der Waals surface area contributed by atoms with Crippen LogP contribution in [0.15, 0.2) is 60.7 Å². The van der Waals surface area contributed by atoms with Gasteiger partial charge in [-0.3, -0.25) is 0 Å². The van der Waals surface area contributed by atoms with Crippen molar-refractivity contribution in [2.24, 2.45) is 0 Å². The predicted octanol–water partition coefficient (Wildman–Crippen LogP) is 12.1. The molecule has 192 valence electrons. The Morgan fingerprint density at radius 2 is 0.806 bits per heavy atom. The molecule has 0 nitrogen and oxygen atoms in total. The quantitative estimate of drug-likeness (QED) is 0.130. The molecule has 4 aromatic rings. The Balaban J connectivity index is 1.28. The van der Waals surface area contributed by atoms with E-state index in [9.17, 15) is 0 Å². The molecule has 2 heteroatoms. The highest BCUT2D eigenvalue weighted by molar-refractivity contribution is 7.31. The van der Waals surface area contributed by atoms with E-state index in [1.165, 1.54) is 131 Å². The highest BCUT2D eigenvalue weighted by Gasteiger charge is 2.10. The summed E-state index contributed by atoms with van der Waals surface area (Å²) in [6.45, 7) is 4.57. The summed E-state index contributed by atoms with van der Waals surface area (Å²) < 4.78 is 2.83. The number of benzene rings is 2. The summed E-state index contributed by atoms with van der Waals surface area (Å²) in [7, 11) is 0. The summed E-state index contributed by atoms with van der Waals surface area (Å²) >= 11 is 3.87. The molecular weight excluding hydrogens is 473 g/mol. The lowest BCUT2D eigenvalue weighted by molar-refractivity contribution is 0.607. The monoisotopic (exact) mass is 516 g/mol. The van der Waals surface area contributed by atoms with Gasteiger partial charge in [-0.25, -0.2) is 0 Å². The molecule has 0 fully saturated rings. The van der Waals surface area contributed by atoms with Crippen LogP contribution in [0.25, 0.3) is 30.3 Å². The first-order chi connectivity index (χ1) is 17.8. The minimum atomic E-state index is 1.22. The fourth-order valence-corrected chi connectivity index (χ4v) is 7.42. The van der Waals surface area contributed by atoms with Crippen molar-refractivity contribution in [2.75, 3.05) is 0 Å². The average Bonchev–Trinajstić information content (AvgIpc) is 3.49. The number of aryl methyl sites for hydroxylation is 2. The van der Waals surface area contributed by atoms with Gasteiger partial charge in [0.15, 0.2) is 0 Å². The van der Waals surface area contributed by atoms with Crippen molar-refractivity contribution in [1.82, 2.24) is 0 Å². The van der Waals surface area contributed by atoms with Gasteiger partial charge in [0.25, 0.3) is 0 Å². The summed E-state index contributed by atoms with van der Waals surface area (Å²) in [5.74, 6) is 0. The van der Waals surface area contributed by atoms with Crippen LogP contribution in [0.2, 0.25) is 0 Å². The third-order valence-electron chi connectivity index (χ3n) is 7.32. The highest BCUT2D eigenvalue weighted by Crippen LogP contribution is 2.41. The smallest absolute Gasteiger partial charge is 0.0463 e. The number of thiophene rings is 2. The molecule has 2 aromatic heterocycles. The molecule has 0 unspecified atom stereocenters. The van der Waals surface area contributed by atoms with Crippen LogP contribution in [0.3, 0.4) is 0 Å². The zero-order valence-corrected chi connectivity index (χ0v) is 24.1. The van der Waals surface area contributed by atoms with E-state index in [1.807, 2.05) is 22.7 Å². The number of hydrogen-bond donors (Lipinski definition) is 0. The van der Waals surface area contributed by atoms with Crippen molar-refractivity contribution >= 4 is 32.1 Å². The molecule has 2 aromatic carbocycles. The predicted molar refractivity (Wildman–Crippen MR) is 165 cm³/mol. The third kappa shape index (κ3) is 8.05. The highest BCUT2D eigenvalue weighted by atomic mass is 32.1. The summed E-state index contributed by atoms with van der Waals surface area (Å²) in [4.78, 5) is 2.78. The van der Waals surface area contributed by atoms with E-state index in [2.05, 4.69) is 74.5 Å². The van der Waals surface area contributed by atoms with Crippen LogP contribution in [-0.2, 0) is 12.8 Å². The van der Waals surface area contributed by atoms with Gasteiger partial charge in [0.05, 0.1) is 0 Å². The second-order valence-electron chi connectivity index (χ2n) is 10.4. The van der Waals surface area contributed by atoms with E-state index in [-0.39, 0.29) is 0 Å². The van der Waals surface area contributed by atoms with E-state index in [4.69, 9.17) is 0 Å². The number of fused-ring (bicyclic) bond motifs is 1. The van der Waals surface area contributed by atoms with Crippen LogP contribution in [-0.4, -0.2) is 0 Å². The first kappa shape index (κ1) is 27.1. The van der Waals surface area contributed by atoms with Gasteiger partial charge in [-0.15, -0.1) is 22.7 Å². The molecule has 0 spiro atoms. The molecule has 0 bridgehead atoms. The molecule has 36 heavy (non-hydrogen) atoms. The largest absolute Gasteiger partial charge is 0.134 e. The topological polar surface area (TPSA) is 0 Å². The third-order valence-corrected chi connectivity index (χ3v) is 9.71. The van der Waals surface area contributed by atoms with Crippen molar-refractivity contribution in [1.29, 1.82) is 0 Å². The Morgan fingerprint density at radius 1 is 0.444 bits per heavy atom. The molecule has 0 aliphatic heterocycles. The molecule has 2 heterocycles. The van der Waals surface area contributed by atoms with E-state index >= 15 is 0 Å². The number of rotatable bonds is 16. The molecule has 0 aliphatic rings. The Kier molecular flexibility index (Phi) is 11.1. The fourth-order valence-electron chi connectivity index (χ4n) is 5.01. The van der Waals surface area contributed by atoms with Crippen LogP contribution in [0, 0.1) is 0 Å². The first-order valence-electron chi connectivity index (χ1n) is 14.5. The standard InChI is InChI=1S/C34H44S2/c1-3-5-7-9-11-13-15-27-17-21-29(22-18-27)31-25-33-34(35-31)26-32(36-33)30-23-19-28(20-24-30)16-14-12-10-8-6-4-2/h17-26H,3-16H2,1-2H3. The zero-order chi connectivity index (χ0) is 25.0. The molecule has 0 amide bonds. The van der Waals surface area contributed by atoms with E-state index in [0.717, 1.165) is 0 Å². The Morgan fingerprint density at radius 3 is 1.19 bits per heavy atom. The molecular formula is C34H44S2. The molecule has 4 rings (SSSR count). The lowest BCUT2D eigenvalue weighted by atomic mass is 10.0. The summed E-state index contributed by atoms with van der Waals surface area (Å²) in [6.07, 6.45) is 18.8. The minimum absolute atomic E-state index is 1.22. The lowest BCUT2D eigenvalue weighted by Gasteiger charge is -2.04. The Labute approximate surface area is 227 Å². The summed E-state index contributed by atoms with van der Waals surface area (Å²) in [5.41, 5.74) is 5.68. The van der Waals surface area contributed by atoms with Crippen molar-refractivity contribution in [2.45, 2.75) is 104 Å². The van der Waals surface area contributed by atoms with Gasteiger partial charge in [-0.2, -0.15) is 0 Å². The number of unbranched alkanes of at least 4 members (excludes halogenated alkanes) is 10. The first-order valence-corrected chi connectivity index (χ1v) is 16.1. The van der Waals surface area contributed by atoms with Crippen molar-refractivity contribution in [3.05, 3.63) is 71.8 Å². The maximum absolute atomic E-state index is 2.39. The molecule has 0 aliphatic carbocycles. The minimum Gasteiger partial charge on any atom is -0.134 e. The zero-order valence-electron chi connectivity index (χ0n) is 22.5. The van der Waals surface area contributed by atoms with Gasteiger partial charge < -0.3 is 0 Å². The SMILES string of the molecule is CCCCCCCCc1ccc(-c2cc3sc(-c4ccc(CCCCCCCC)cc4)cc3s2)cc1. The van der Waals surface area contributed by atoms with E-state index in [0.29, 0.717) is 0 Å². The molecule has 0 saturated carbocycles. The van der Waals surface area contributed by atoms with Crippen molar-refractivity contribution in [3.63, 3.8) is 0 Å². The van der Waals surface area contributed by atoms with Gasteiger partial charge in [0.2, 0.25) is 0 Å². The van der Waals surface area contributed by atoms with Gasteiger partial charge in [0.1, 0.15) is 0 Å². The normalized spacial score (nSPS) is 11.5. The van der Waals surface area contributed by atoms with Crippen LogP contribution in [0.5, 0.6) is 0 Å². The second kappa shape index (κ2) is 14.7. The molecule has 0 radical (unpaired) electrons. The maximum Gasteiger partial charge on any atom is 0.0463 e. The van der Waals surface area contributed by atoms with E-state index in [1.54, 1.807) is 0 Å². The van der Waals surface area contributed by atoms with Crippen LogP contribution >= 0.6 is 22.7 Å². The van der Waals surface area contributed by atoms with Crippen LogP contribution < -0.4 is 0 Å². The molecule has 0 atom stereocenters. The van der Waals surface area contributed by atoms with Gasteiger partial charge >= 0.3 is 0 Å². The van der Waals surface area contributed by atoms with Gasteiger partial charge in [-0.1, -0.05) is 127 Å². The summed E-state index contributed by atoms with van der Waals surface area (Å²) in [6, 6.07) is 23.4. The average molecular weight is 517 g/mol. The fraction of sp³-hybridized carbons (Fsp3) is 0.471. The molecule has 0 N–H and O–H groups in total. The Bertz CT molecular complexity index is 1020. The number of hydrogen-bond acceptors (Lipinski definition) is 2. The Hall–Kier alpha value is -1.90. The van der Waals surface area contributed by atoms with Crippen LogP contribution in [0.4, 0.5) is 0 Å². The van der Waals surface area contributed by atoms with Gasteiger partial charge in [0, 0.05) is 19.2 Å².